The molecule has 124 valence electrons. The largest absolute Gasteiger partial charge is 0.382 e. The number of ether oxygens (including phenoxy) is 1. The molecule has 1 aromatic rings. The Bertz CT molecular complexity index is 426. The van der Waals surface area contributed by atoms with E-state index >= 15 is 0 Å². The predicted octanol–water partition coefficient (Wildman–Crippen LogP) is 2.90. The number of thioether (sulfide) groups is 1. The van der Waals surface area contributed by atoms with E-state index in [0.717, 1.165) is 55.9 Å². The molecule has 2 N–H and O–H groups in total. The van der Waals surface area contributed by atoms with Crippen molar-refractivity contribution in [2.45, 2.75) is 25.2 Å². The van der Waals surface area contributed by atoms with Gasteiger partial charge in [0, 0.05) is 43.5 Å². The molecule has 0 aromatic heterocycles. The van der Waals surface area contributed by atoms with Crippen molar-refractivity contribution in [1.82, 2.24) is 10.6 Å². The van der Waals surface area contributed by atoms with Crippen LogP contribution in [-0.2, 0) is 4.74 Å². The molecule has 0 aliphatic heterocycles. The second kappa shape index (κ2) is 12.3. The zero-order valence-electron chi connectivity index (χ0n) is 13.4. The molecular formula is C16H26FN3OS. The maximum atomic E-state index is 12.8. The third-order valence-corrected chi connectivity index (χ3v) is 3.76. The van der Waals surface area contributed by atoms with E-state index < -0.39 is 0 Å². The van der Waals surface area contributed by atoms with Gasteiger partial charge in [0.25, 0.3) is 0 Å². The fraction of sp³-hybridized carbons (Fsp3) is 0.562. The first kappa shape index (κ1) is 18.8. The van der Waals surface area contributed by atoms with E-state index in [1.54, 1.807) is 23.9 Å². The quantitative estimate of drug-likeness (QED) is 0.300. The second-order valence-electron chi connectivity index (χ2n) is 4.54. The highest BCUT2D eigenvalue weighted by Crippen LogP contribution is 2.17. The van der Waals surface area contributed by atoms with Crippen molar-refractivity contribution < 1.29 is 9.13 Å². The highest BCUT2D eigenvalue weighted by Gasteiger charge is 1.98. The smallest absolute Gasteiger partial charge is 0.191 e. The van der Waals surface area contributed by atoms with Crippen molar-refractivity contribution in [3.05, 3.63) is 30.1 Å². The number of benzene rings is 1. The molecule has 0 spiro atoms. The van der Waals surface area contributed by atoms with Gasteiger partial charge in [-0.1, -0.05) is 0 Å². The SMILES string of the molecule is CCNC(=NCCCOCC)NCCSc1ccc(F)cc1. The second-order valence-corrected chi connectivity index (χ2v) is 5.71. The molecule has 0 amide bonds. The summed E-state index contributed by atoms with van der Waals surface area (Å²) in [7, 11) is 0. The molecule has 0 bridgehead atoms. The van der Waals surface area contributed by atoms with Gasteiger partial charge in [0.15, 0.2) is 5.96 Å². The lowest BCUT2D eigenvalue weighted by Gasteiger charge is -2.11. The summed E-state index contributed by atoms with van der Waals surface area (Å²) < 4.78 is 18.1. The van der Waals surface area contributed by atoms with E-state index in [2.05, 4.69) is 15.6 Å². The van der Waals surface area contributed by atoms with E-state index in [9.17, 15) is 4.39 Å². The van der Waals surface area contributed by atoms with E-state index in [0.29, 0.717) is 0 Å². The van der Waals surface area contributed by atoms with E-state index in [1.165, 1.54) is 12.1 Å². The van der Waals surface area contributed by atoms with Gasteiger partial charge < -0.3 is 15.4 Å². The van der Waals surface area contributed by atoms with Crippen LogP contribution in [0.5, 0.6) is 0 Å². The molecule has 0 radical (unpaired) electrons. The number of guanidine groups is 1. The minimum atomic E-state index is -0.198. The molecular weight excluding hydrogens is 301 g/mol. The minimum absolute atomic E-state index is 0.198. The summed E-state index contributed by atoms with van der Waals surface area (Å²) in [6.45, 7) is 7.93. The van der Waals surface area contributed by atoms with Crippen molar-refractivity contribution in [2.24, 2.45) is 4.99 Å². The fourth-order valence-electron chi connectivity index (χ4n) is 1.71. The highest BCUT2D eigenvalue weighted by molar-refractivity contribution is 7.99. The molecule has 4 nitrogen and oxygen atoms in total. The predicted molar refractivity (Wildman–Crippen MR) is 92.2 cm³/mol. The highest BCUT2D eigenvalue weighted by atomic mass is 32.2. The van der Waals surface area contributed by atoms with Crippen LogP contribution in [0.2, 0.25) is 0 Å². The summed E-state index contributed by atoms with van der Waals surface area (Å²) in [5.41, 5.74) is 0. The van der Waals surface area contributed by atoms with E-state index in [-0.39, 0.29) is 5.82 Å². The molecule has 0 fully saturated rings. The lowest BCUT2D eigenvalue weighted by molar-refractivity contribution is 0.146. The average Bonchev–Trinajstić information content (AvgIpc) is 2.53. The van der Waals surface area contributed by atoms with Crippen molar-refractivity contribution in [2.75, 3.05) is 38.6 Å². The van der Waals surface area contributed by atoms with Crippen LogP contribution in [0.15, 0.2) is 34.2 Å². The molecule has 0 heterocycles. The van der Waals surface area contributed by atoms with Gasteiger partial charge in [0.2, 0.25) is 0 Å². The number of aliphatic imine (C=N–C) groups is 1. The van der Waals surface area contributed by atoms with Crippen LogP contribution in [0.3, 0.4) is 0 Å². The van der Waals surface area contributed by atoms with E-state index in [1.807, 2.05) is 13.8 Å². The third kappa shape index (κ3) is 8.89. The summed E-state index contributed by atoms with van der Waals surface area (Å²) in [4.78, 5) is 5.57. The number of halogens is 1. The Labute approximate surface area is 136 Å². The van der Waals surface area contributed by atoms with Crippen LogP contribution in [0.1, 0.15) is 20.3 Å². The van der Waals surface area contributed by atoms with Crippen molar-refractivity contribution in [3.8, 4) is 0 Å². The number of hydrogen-bond acceptors (Lipinski definition) is 3. The Kier molecular flexibility index (Phi) is 10.5. The van der Waals surface area contributed by atoms with Gasteiger partial charge in [-0.25, -0.2) is 4.39 Å². The Morgan fingerprint density at radius 1 is 1.23 bits per heavy atom. The Morgan fingerprint density at radius 2 is 2.00 bits per heavy atom. The molecule has 0 atom stereocenters. The van der Waals surface area contributed by atoms with Crippen LogP contribution in [0.4, 0.5) is 4.39 Å². The summed E-state index contributed by atoms with van der Waals surface area (Å²) in [5.74, 6) is 1.53. The molecule has 1 rings (SSSR count). The summed E-state index contributed by atoms with van der Waals surface area (Å²) in [6, 6.07) is 6.57. The maximum absolute atomic E-state index is 12.8. The molecule has 6 heteroatoms. The van der Waals surface area contributed by atoms with Gasteiger partial charge in [-0.15, -0.1) is 11.8 Å². The molecule has 0 unspecified atom stereocenters. The van der Waals surface area contributed by atoms with Crippen molar-refractivity contribution in [3.63, 3.8) is 0 Å². The number of rotatable bonds is 10. The van der Waals surface area contributed by atoms with Crippen LogP contribution in [0, 0.1) is 5.82 Å². The van der Waals surface area contributed by atoms with Gasteiger partial charge in [0.05, 0.1) is 0 Å². The van der Waals surface area contributed by atoms with Crippen LogP contribution < -0.4 is 10.6 Å². The normalized spacial score (nSPS) is 11.5. The van der Waals surface area contributed by atoms with Gasteiger partial charge in [-0.2, -0.15) is 0 Å². The number of nitrogens with one attached hydrogen (secondary N) is 2. The van der Waals surface area contributed by atoms with Crippen LogP contribution in [0.25, 0.3) is 0 Å². The topological polar surface area (TPSA) is 45.7 Å². The summed E-state index contributed by atoms with van der Waals surface area (Å²) in [6.07, 6.45) is 0.925. The maximum Gasteiger partial charge on any atom is 0.191 e. The lowest BCUT2D eigenvalue weighted by atomic mass is 10.4. The van der Waals surface area contributed by atoms with E-state index in [4.69, 9.17) is 4.74 Å². The molecule has 22 heavy (non-hydrogen) atoms. The molecule has 1 aromatic carbocycles. The van der Waals surface area contributed by atoms with Crippen LogP contribution >= 0.6 is 11.8 Å². The first-order chi connectivity index (χ1) is 10.8. The zero-order chi connectivity index (χ0) is 16.0. The number of hydrogen-bond donors (Lipinski definition) is 2. The van der Waals surface area contributed by atoms with Gasteiger partial charge in [0.1, 0.15) is 5.82 Å². The van der Waals surface area contributed by atoms with Gasteiger partial charge in [-0.05, 0) is 44.5 Å². The molecule has 0 saturated carbocycles. The first-order valence-corrected chi connectivity index (χ1v) is 8.73. The lowest BCUT2D eigenvalue weighted by Crippen LogP contribution is -2.38. The van der Waals surface area contributed by atoms with Gasteiger partial charge in [-0.3, -0.25) is 4.99 Å². The molecule has 0 aliphatic rings. The zero-order valence-corrected chi connectivity index (χ0v) is 14.2. The summed E-state index contributed by atoms with van der Waals surface area (Å²) in [5, 5.41) is 6.52. The first-order valence-electron chi connectivity index (χ1n) is 7.74. The average molecular weight is 327 g/mol. The van der Waals surface area contributed by atoms with Crippen molar-refractivity contribution >= 4 is 17.7 Å². The molecule has 0 aliphatic carbocycles. The number of nitrogens with zero attached hydrogens (tertiary/aromatic N) is 1. The van der Waals surface area contributed by atoms with Crippen LogP contribution in [-0.4, -0.2) is 44.6 Å². The minimum Gasteiger partial charge on any atom is -0.382 e. The fourth-order valence-corrected chi connectivity index (χ4v) is 2.48. The Morgan fingerprint density at radius 3 is 2.68 bits per heavy atom. The Hall–Kier alpha value is -1.27. The Balaban J connectivity index is 2.22. The van der Waals surface area contributed by atoms with Crippen molar-refractivity contribution in [1.29, 1.82) is 0 Å². The summed E-state index contributed by atoms with van der Waals surface area (Å²) >= 11 is 1.69. The monoisotopic (exact) mass is 327 g/mol. The molecule has 0 saturated heterocycles. The standard InChI is InChI=1S/C16H26FN3OS/c1-3-18-16(19-10-5-12-21-4-2)20-11-13-22-15-8-6-14(17)7-9-15/h6-9H,3-5,10-13H2,1-2H3,(H2,18,19,20). The third-order valence-electron chi connectivity index (χ3n) is 2.74. The van der Waals surface area contributed by atoms with Gasteiger partial charge >= 0.3 is 0 Å².